The predicted octanol–water partition coefficient (Wildman–Crippen LogP) is 6.72. The standard InChI is InChI=1S/C20H17F5O3/c21-16-14(26-10-11-4-2-1-3-5-11)8-6-12-13-7-9-15(28-20(23,24)25)17(22)19(13)27-18(12)16/h6-9,11H,1-5,10H2. The van der Waals surface area contributed by atoms with E-state index in [1.165, 1.54) is 24.6 Å². The summed E-state index contributed by atoms with van der Waals surface area (Å²) in [4.78, 5) is 0. The number of halogens is 5. The van der Waals surface area contributed by atoms with Crippen LogP contribution < -0.4 is 9.47 Å². The van der Waals surface area contributed by atoms with E-state index in [0.29, 0.717) is 12.5 Å². The van der Waals surface area contributed by atoms with E-state index in [4.69, 9.17) is 9.15 Å². The molecule has 1 heterocycles. The highest BCUT2D eigenvalue weighted by atomic mass is 19.4. The molecule has 1 fully saturated rings. The van der Waals surface area contributed by atoms with Gasteiger partial charge in [-0.1, -0.05) is 19.3 Å². The Bertz CT molecular complexity index is 1000. The SMILES string of the molecule is Fc1c(OCC2CCCCC2)ccc2c1oc1c(F)c(OC(F)(F)F)ccc12. The maximum absolute atomic E-state index is 14.8. The topological polar surface area (TPSA) is 31.6 Å². The average Bonchev–Trinajstić information content (AvgIpc) is 3.04. The Hall–Kier alpha value is -2.51. The van der Waals surface area contributed by atoms with Crippen molar-refractivity contribution in [3.63, 3.8) is 0 Å². The first-order valence-electron chi connectivity index (χ1n) is 9.05. The van der Waals surface area contributed by atoms with E-state index in [1.807, 2.05) is 0 Å². The Morgan fingerprint density at radius 1 is 0.857 bits per heavy atom. The van der Waals surface area contributed by atoms with Crippen LogP contribution >= 0.6 is 0 Å². The molecule has 4 rings (SSSR count). The summed E-state index contributed by atoms with van der Waals surface area (Å²) in [5.41, 5.74) is -0.765. The van der Waals surface area contributed by atoms with Crippen LogP contribution in [0.3, 0.4) is 0 Å². The lowest BCUT2D eigenvalue weighted by molar-refractivity contribution is -0.275. The lowest BCUT2D eigenvalue weighted by Crippen LogP contribution is -2.17. The number of alkyl halides is 3. The van der Waals surface area contributed by atoms with Gasteiger partial charge in [-0.15, -0.1) is 13.2 Å². The van der Waals surface area contributed by atoms with E-state index in [2.05, 4.69) is 4.74 Å². The number of rotatable bonds is 4. The molecule has 0 N–H and O–H groups in total. The Morgan fingerprint density at radius 3 is 2.04 bits per heavy atom. The van der Waals surface area contributed by atoms with Crippen LogP contribution in [0.1, 0.15) is 32.1 Å². The van der Waals surface area contributed by atoms with E-state index >= 15 is 0 Å². The molecule has 0 atom stereocenters. The van der Waals surface area contributed by atoms with Gasteiger partial charge in [0.15, 0.2) is 22.7 Å². The molecule has 3 nitrogen and oxygen atoms in total. The molecule has 1 aliphatic carbocycles. The van der Waals surface area contributed by atoms with Gasteiger partial charge >= 0.3 is 6.36 Å². The number of fused-ring (bicyclic) bond motifs is 3. The monoisotopic (exact) mass is 400 g/mol. The molecule has 150 valence electrons. The fourth-order valence-corrected chi connectivity index (χ4v) is 3.68. The number of ether oxygens (including phenoxy) is 2. The minimum atomic E-state index is -5.05. The minimum Gasteiger partial charge on any atom is -0.490 e. The van der Waals surface area contributed by atoms with Crippen molar-refractivity contribution in [2.75, 3.05) is 6.61 Å². The smallest absolute Gasteiger partial charge is 0.490 e. The van der Waals surface area contributed by atoms with Crippen molar-refractivity contribution < 1.29 is 35.8 Å². The zero-order valence-corrected chi connectivity index (χ0v) is 14.7. The number of hydrogen-bond donors (Lipinski definition) is 0. The maximum Gasteiger partial charge on any atom is 0.573 e. The summed E-state index contributed by atoms with van der Waals surface area (Å²) >= 11 is 0. The Morgan fingerprint density at radius 2 is 1.43 bits per heavy atom. The highest BCUT2D eigenvalue weighted by Gasteiger charge is 2.33. The van der Waals surface area contributed by atoms with Crippen LogP contribution in [0.15, 0.2) is 28.7 Å². The molecule has 0 unspecified atom stereocenters. The summed E-state index contributed by atoms with van der Waals surface area (Å²) in [7, 11) is 0. The second-order valence-electron chi connectivity index (χ2n) is 6.97. The van der Waals surface area contributed by atoms with Gasteiger partial charge < -0.3 is 13.9 Å². The normalized spacial score (nSPS) is 16.0. The Labute approximate surface area is 157 Å². The molecule has 0 amide bonds. The third kappa shape index (κ3) is 3.59. The fraction of sp³-hybridized carbons (Fsp3) is 0.400. The molecule has 0 aliphatic heterocycles. The van der Waals surface area contributed by atoms with E-state index in [9.17, 15) is 22.0 Å². The van der Waals surface area contributed by atoms with Crippen LogP contribution in [0.5, 0.6) is 11.5 Å². The fourth-order valence-electron chi connectivity index (χ4n) is 3.68. The van der Waals surface area contributed by atoms with Crippen molar-refractivity contribution >= 4 is 21.9 Å². The van der Waals surface area contributed by atoms with Gasteiger partial charge in [-0.05, 0) is 43.0 Å². The minimum absolute atomic E-state index is 0.0238. The molecular weight excluding hydrogens is 383 g/mol. The first-order chi connectivity index (χ1) is 13.3. The largest absolute Gasteiger partial charge is 0.573 e. The molecule has 1 saturated carbocycles. The van der Waals surface area contributed by atoms with Gasteiger partial charge in [-0.2, -0.15) is 8.78 Å². The summed E-state index contributed by atoms with van der Waals surface area (Å²) in [6.45, 7) is 0.376. The van der Waals surface area contributed by atoms with Gasteiger partial charge in [-0.3, -0.25) is 0 Å². The summed E-state index contributed by atoms with van der Waals surface area (Å²) < 4.78 is 80.8. The lowest BCUT2D eigenvalue weighted by atomic mass is 9.90. The first kappa shape index (κ1) is 18.8. The molecule has 1 aliphatic rings. The molecule has 3 aromatic rings. The quantitative estimate of drug-likeness (QED) is 0.456. The highest BCUT2D eigenvalue weighted by molar-refractivity contribution is 6.06. The number of hydrogen-bond acceptors (Lipinski definition) is 3. The van der Waals surface area contributed by atoms with Gasteiger partial charge in [0.25, 0.3) is 0 Å². The molecular formula is C20H17F5O3. The van der Waals surface area contributed by atoms with Gasteiger partial charge in [0, 0.05) is 10.8 Å². The van der Waals surface area contributed by atoms with Crippen LogP contribution in [-0.2, 0) is 0 Å². The zero-order chi connectivity index (χ0) is 19.9. The molecule has 0 bridgehead atoms. The van der Waals surface area contributed by atoms with Crippen molar-refractivity contribution in [2.45, 2.75) is 38.5 Å². The van der Waals surface area contributed by atoms with E-state index in [-0.39, 0.29) is 22.1 Å². The first-order valence-corrected chi connectivity index (χ1v) is 9.05. The molecule has 2 aromatic carbocycles. The average molecular weight is 400 g/mol. The number of benzene rings is 2. The second kappa shape index (κ2) is 7.14. The molecule has 0 saturated heterocycles. The molecule has 8 heteroatoms. The van der Waals surface area contributed by atoms with Crippen LogP contribution in [0.25, 0.3) is 21.9 Å². The van der Waals surface area contributed by atoms with E-state index in [0.717, 1.165) is 31.7 Å². The Balaban J connectivity index is 1.67. The van der Waals surface area contributed by atoms with Crippen LogP contribution in [0.4, 0.5) is 22.0 Å². The van der Waals surface area contributed by atoms with Crippen LogP contribution in [0, 0.1) is 17.6 Å². The van der Waals surface area contributed by atoms with Crippen molar-refractivity contribution in [1.82, 2.24) is 0 Å². The summed E-state index contributed by atoms with van der Waals surface area (Å²) in [6, 6.07) is 4.97. The third-order valence-electron chi connectivity index (χ3n) is 5.04. The summed E-state index contributed by atoms with van der Waals surface area (Å²) in [5.74, 6) is -2.84. The molecule has 0 spiro atoms. The Kier molecular flexibility index (Phi) is 4.81. The van der Waals surface area contributed by atoms with Crippen molar-refractivity contribution in [3.8, 4) is 11.5 Å². The number of furan rings is 1. The molecule has 0 radical (unpaired) electrons. The second-order valence-corrected chi connectivity index (χ2v) is 6.97. The summed E-state index contributed by atoms with van der Waals surface area (Å²) in [5, 5.41) is 0.398. The van der Waals surface area contributed by atoms with Crippen LogP contribution in [0.2, 0.25) is 0 Å². The van der Waals surface area contributed by atoms with E-state index < -0.39 is 29.3 Å². The van der Waals surface area contributed by atoms with Crippen molar-refractivity contribution in [2.24, 2.45) is 5.92 Å². The predicted molar refractivity (Wildman–Crippen MR) is 92.4 cm³/mol. The molecule has 28 heavy (non-hydrogen) atoms. The molecule has 1 aromatic heterocycles. The third-order valence-corrected chi connectivity index (χ3v) is 5.04. The zero-order valence-electron chi connectivity index (χ0n) is 14.7. The van der Waals surface area contributed by atoms with Gasteiger partial charge in [0.2, 0.25) is 11.6 Å². The van der Waals surface area contributed by atoms with Gasteiger partial charge in [0.05, 0.1) is 6.61 Å². The van der Waals surface area contributed by atoms with Gasteiger partial charge in [0.1, 0.15) is 0 Å². The van der Waals surface area contributed by atoms with E-state index in [1.54, 1.807) is 0 Å². The van der Waals surface area contributed by atoms with Crippen LogP contribution in [-0.4, -0.2) is 13.0 Å². The highest BCUT2D eigenvalue weighted by Crippen LogP contribution is 2.39. The van der Waals surface area contributed by atoms with Crippen molar-refractivity contribution in [3.05, 3.63) is 35.9 Å². The maximum atomic E-state index is 14.8. The summed E-state index contributed by atoms with van der Waals surface area (Å²) in [6.07, 6.45) is 0.457. The van der Waals surface area contributed by atoms with Crippen molar-refractivity contribution in [1.29, 1.82) is 0 Å². The van der Waals surface area contributed by atoms with Gasteiger partial charge in [-0.25, -0.2) is 0 Å². The lowest BCUT2D eigenvalue weighted by Gasteiger charge is -2.21.